The molecule has 5 heteroatoms. The fraction of sp³-hybridized carbons (Fsp3) is 0.588. The van der Waals surface area contributed by atoms with E-state index in [1.807, 2.05) is 17.0 Å². The molecule has 0 aromatic heterocycles. The van der Waals surface area contributed by atoms with Crippen molar-refractivity contribution in [2.75, 3.05) is 51.6 Å². The summed E-state index contributed by atoms with van der Waals surface area (Å²) in [6.07, 6.45) is 0.983. The molecule has 2 saturated heterocycles. The summed E-state index contributed by atoms with van der Waals surface area (Å²) in [4.78, 5) is 19.3. The molecule has 1 aromatic carbocycles. The summed E-state index contributed by atoms with van der Waals surface area (Å²) in [5.74, 6) is 0. The zero-order chi connectivity index (χ0) is 15.5. The highest BCUT2D eigenvalue weighted by molar-refractivity contribution is 5.89. The van der Waals surface area contributed by atoms with Crippen LogP contribution >= 0.6 is 0 Å². The van der Waals surface area contributed by atoms with Gasteiger partial charge in [0.1, 0.15) is 0 Å². The number of benzene rings is 1. The van der Waals surface area contributed by atoms with E-state index < -0.39 is 0 Å². The lowest BCUT2D eigenvalue weighted by atomic mass is 10.1. The third kappa shape index (κ3) is 3.42. The number of fused-ring (bicyclic) bond motifs is 1. The minimum atomic E-state index is 0.0288. The fourth-order valence-electron chi connectivity index (χ4n) is 3.37. The van der Waals surface area contributed by atoms with Crippen molar-refractivity contribution in [3.63, 3.8) is 0 Å². The van der Waals surface area contributed by atoms with Crippen molar-refractivity contribution in [1.82, 2.24) is 14.7 Å². The van der Waals surface area contributed by atoms with Crippen LogP contribution in [0.1, 0.15) is 12.5 Å². The van der Waals surface area contributed by atoms with E-state index >= 15 is 0 Å². The number of hydrogen-bond acceptors (Lipinski definition) is 3. The Balaban J connectivity index is 1.60. The summed E-state index contributed by atoms with van der Waals surface area (Å²) in [5.41, 5.74) is 2.14. The van der Waals surface area contributed by atoms with Gasteiger partial charge in [-0.25, -0.2) is 4.79 Å². The van der Waals surface area contributed by atoms with Gasteiger partial charge in [-0.05, 0) is 31.2 Å². The van der Waals surface area contributed by atoms with E-state index in [-0.39, 0.29) is 6.03 Å². The van der Waals surface area contributed by atoms with E-state index in [2.05, 4.69) is 41.2 Å². The van der Waals surface area contributed by atoms with Crippen molar-refractivity contribution in [3.8, 4) is 0 Å². The molecule has 1 atom stereocenters. The van der Waals surface area contributed by atoms with Gasteiger partial charge < -0.3 is 15.1 Å². The number of likely N-dealkylation sites (N-methyl/N-ethyl adjacent to an activating group) is 1. The number of carbonyl (C=O) groups excluding carboxylic acids is 1. The highest BCUT2D eigenvalue weighted by Crippen LogP contribution is 2.17. The molecule has 0 saturated carbocycles. The first-order valence-electron chi connectivity index (χ1n) is 8.23. The monoisotopic (exact) mass is 302 g/mol. The molecule has 0 aliphatic carbocycles. The van der Waals surface area contributed by atoms with Crippen LogP contribution in [-0.2, 0) is 6.42 Å². The Morgan fingerprint density at radius 2 is 2.05 bits per heavy atom. The van der Waals surface area contributed by atoms with Gasteiger partial charge in [-0.1, -0.05) is 19.1 Å². The molecule has 1 unspecified atom stereocenters. The number of piperazine rings is 2. The van der Waals surface area contributed by atoms with Crippen LogP contribution in [0.4, 0.5) is 10.5 Å². The number of aryl methyl sites for hydroxylation is 1. The van der Waals surface area contributed by atoms with Gasteiger partial charge in [0.2, 0.25) is 0 Å². The summed E-state index contributed by atoms with van der Waals surface area (Å²) in [6, 6.07) is 8.61. The molecule has 22 heavy (non-hydrogen) atoms. The second-order valence-corrected chi connectivity index (χ2v) is 6.38. The third-order valence-corrected chi connectivity index (χ3v) is 4.77. The molecule has 1 N–H and O–H groups in total. The minimum absolute atomic E-state index is 0.0288. The van der Waals surface area contributed by atoms with Crippen LogP contribution in [0.25, 0.3) is 0 Å². The first kappa shape index (κ1) is 15.3. The summed E-state index contributed by atoms with van der Waals surface area (Å²) in [5, 5.41) is 3.05. The average molecular weight is 302 g/mol. The minimum Gasteiger partial charge on any atom is -0.322 e. The van der Waals surface area contributed by atoms with Crippen LogP contribution < -0.4 is 5.32 Å². The molecule has 0 spiro atoms. The van der Waals surface area contributed by atoms with E-state index in [1.165, 1.54) is 5.56 Å². The van der Waals surface area contributed by atoms with Gasteiger partial charge >= 0.3 is 6.03 Å². The van der Waals surface area contributed by atoms with Gasteiger partial charge in [0.05, 0.1) is 0 Å². The fourth-order valence-corrected chi connectivity index (χ4v) is 3.37. The molecule has 1 aromatic rings. The van der Waals surface area contributed by atoms with Crippen molar-refractivity contribution in [2.45, 2.75) is 19.4 Å². The first-order valence-corrected chi connectivity index (χ1v) is 8.23. The maximum atomic E-state index is 12.5. The van der Waals surface area contributed by atoms with Crippen LogP contribution in [0.15, 0.2) is 24.3 Å². The summed E-state index contributed by atoms with van der Waals surface area (Å²) >= 11 is 0. The Morgan fingerprint density at radius 3 is 2.86 bits per heavy atom. The van der Waals surface area contributed by atoms with Gasteiger partial charge in [-0.15, -0.1) is 0 Å². The van der Waals surface area contributed by atoms with Gasteiger partial charge in [-0.3, -0.25) is 4.90 Å². The molecular formula is C17H26N4O. The van der Waals surface area contributed by atoms with E-state index in [1.54, 1.807) is 0 Å². The topological polar surface area (TPSA) is 38.8 Å². The lowest BCUT2D eigenvalue weighted by Crippen LogP contribution is -2.62. The molecule has 0 bridgehead atoms. The van der Waals surface area contributed by atoms with Crippen LogP contribution in [0.2, 0.25) is 0 Å². The second-order valence-electron chi connectivity index (χ2n) is 6.38. The van der Waals surface area contributed by atoms with Crippen molar-refractivity contribution >= 4 is 11.7 Å². The van der Waals surface area contributed by atoms with Crippen molar-refractivity contribution in [3.05, 3.63) is 29.8 Å². The van der Waals surface area contributed by atoms with Crippen molar-refractivity contribution in [1.29, 1.82) is 0 Å². The van der Waals surface area contributed by atoms with Crippen LogP contribution in [0.5, 0.6) is 0 Å². The Morgan fingerprint density at radius 1 is 1.23 bits per heavy atom. The molecule has 2 aliphatic rings. The zero-order valence-corrected chi connectivity index (χ0v) is 13.6. The number of anilines is 1. The Labute approximate surface area is 132 Å². The smallest absolute Gasteiger partial charge is 0.321 e. The third-order valence-electron chi connectivity index (χ3n) is 4.77. The summed E-state index contributed by atoms with van der Waals surface area (Å²) in [6.45, 7) is 8.06. The number of rotatable bonds is 2. The van der Waals surface area contributed by atoms with Crippen molar-refractivity contribution < 1.29 is 4.79 Å². The van der Waals surface area contributed by atoms with E-state index in [4.69, 9.17) is 0 Å². The van der Waals surface area contributed by atoms with Gasteiger partial charge in [0.25, 0.3) is 0 Å². The Kier molecular flexibility index (Phi) is 4.64. The molecule has 2 aliphatic heterocycles. The molecule has 2 amide bonds. The highest BCUT2D eigenvalue weighted by atomic mass is 16.2. The SMILES string of the molecule is CCc1cccc(NC(=O)N2CCN3CCN(C)CC3C2)c1. The van der Waals surface area contributed by atoms with Crippen LogP contribution in [0.3, 0.4) is 0 Å². The maximum Gasteiger partial charge on any atom is 0.321 e. The van der Waals surface area contributed by atoms with Gasteiger partial charge in [0, 0.05) is 51.0 Å². The Hall–Kier alpha value is -1.59. The molecule has 2 fully saturated rings. The van der Waals surface area contributed by atoms with Gasteiger partial charge in [0.15, 0.2) is 0 Å². The highest BCUT2D eigenvalue weighted by Gasteiger charge is 2.32. The predicted molar refractivity (Wildman–Crippen MR) is 89.3 cm³/mol. The lowest BCUT2D eigenvalue weighted by Gasteiger charge is -2.46. The number of carbonyl (C=O) groups is 1. The predicted octanol–water partition coefficient (Wildman–Crippen LogP) is 1.71. The summed E-state index contributed by atoms with van der Waals surface area (Å²) < 4.78 is 0. The molecule has 3 rings (SSSR count). The molecule has 120 valence electrons. The average Bonchev–Trinajstić information content (AvgIpc) is 2.54. The number of nitrogens with zero attached hydrogens (tertiary/aromatic N) is 3. The zero-order valence-electron chi connectivity index (χ0n) is 13.6. The lowest BCUT2D eigenvalue weighted by molar-refractivity contribution is 0.0353. The molecule has 0 radical (unpaired) electrons. The standard InChI is InChI=1S/C17H26N4O/c1-3-14-5-4-6-15(11-14)18-17(22)21-10-9-20-8-7-19(2)12-16(20)13-21/h4-6,11,16H,3,7-10,12-13H2,1-2H3,(H,18,22). The Bertz CT molecular complexity index is 533. The van der Waals surface area contributed by atoms with Gasteiger partial charge in [-0.2, -0.15) is 0 Å². The molecular weight excluding hydrogens is 276 g/mol. The normalized spacial score (nSPS) is 23.2. The second kappa shape index (κ2) is 6.67. The molecule has 2 heterocycles. The number of hydrogen-bond donors (Lipinski definition) is 1. The summed E-state index contributed by atoms with van der Waals surface area (Å²) in [7, 11) is 2.16. The first-order chi connectivity index (χ1) is 10.7. The van der Waals surface area contributed by atoms with Crippen LogP contribution in [-0.4, -0.2) is 73.1 Å². The largest absolute Gasteiger partial charge is 0.322 e. The molecule has 5 nitrogen and oxygen atoms in total. The van der Waals surface area contributed by atoms with Crippen LogP contribution in [0, 0.1) is 0 Å². The van der Waals surface area contributed by atoms with E-state index in [9.17, 15) is 4.79 Å². The quantitative estimate of drug-likeness (QED) is 0.904. The van der Waals surface area contributed by atoms with Crippen molar-refractivity contribution in [2.24, 2.45) is 0 Å². The van der Waals surface area contributed by atoms with E-state index in [0.29, 0.717) is 6.04 Å². The number of nitrogens with one attached hydrogen (secondary N) is 1. The van der Waals surface area contributed by atoms with E-state index in [0.717, 1.165) is 51.4 Å². The maximum absolute atomic E-state index is 12.5. The number of amides is 2. The number of urea groups is 1.